The van der Waals surface area contributed by atoms with E-state index in [1.807, 2.05) is 0 Å². The highest BCUT2D eigenvalue weighted by Crippen LogP contribution is 2.35. The smallest absolute Gasteiger partial charge is 0.289 e. The SMILES string of the molecule is O=[N+]([O-])c1ccccc1S(=O)(=O)N1C2CCC1CNC2. The summed E-state index contributed by atoms with van der Waals surface area (Å²) in [6, 6.07) is 5.34. The summed E-state index contributed by atoms with van der Waals surface area (Å²) in [5.74, 6) is 0. The Morgan fingerprint density at radius 1 is 1.20 bits per heavy atom. The Balaban J connectivity index is 2.07. The average Bonchev–Trinajstić information content (AvgIpc) is 2.70. The molecular formula is C12H15N3O4S. The molecule has 1 aromatic rings. The molecule has 0 amide bonds. The summed E-state index contributed by atoms with van der Waals surface area (Å²) in [5, 5.41) is 14.2. The quantitative estimate of drug-likeness (QED) is 0.655. The maximum Gasteiger partial charge on any atom is 0.289 e. The van der Waals surface area contributed by atoms with Crippen molar-refractivity contribution in [1.82, 2.24) is 9.62 Å². The van der Waals surface area contributed by atoms with Crippen LogP contribution in [0.15, 0.2) is 29.2 Å². The lowest BCUT2D eigenvalue weighted by molar-refractivity contribution is -0.387. The van der Waals surface area contributed by atoms with Crippen LogP contribution in [0, 0.1) is 10.1 Å². The second kappa shape index (κ2) is 4.80. The first kappa shape index (κ1) is 13.5. The molecule has 0 aliphatic carbocycles. The van der Waals surface area contributed by atoms with Crippen LogP contribution in [-0.2, 0) is 10.0 Å². The van der Waals surface area contributed by atoms with Crippen molar-refractivity contribution in [1.29, 1.82) is 0 Å². The molecule has 1 N–H and O–H groups in total. The lowest BCUT2D eigenvalue weighted by atomic mass is 10.2. The van der Waals surface area contributed by atoms with Crippen molar-refractivity contribution >= 4 is 15.7 Å². The zero-order valence-corrected chi connectivity index (χ0v) is 11.5. The maximum atomic E-state index is 12.8. The van der Waals surface area contributed by atoms with Crippen LogP contribution in [0.5, 0.6) is 0 Å². The number of nitrogens with zero attached hydrogens (tertiary/aromatic N) is 2. The highest BCUT2D eigenvalue weighted by atomic mass is 32.2. The van der Waals surface area contributed by atoms with Gasteiger partial charge in [0.1, 0.15) is 0 Å². The van der Waals surface area contributed by atoms with Crippen molar-refractivity contribution in [3.63, 3.8) is 0 Å². The molecule has 2 heterocycles. The Labute approximate surface area is 116 Å². The minimum Gasteiger partial charge on any atom is -0.314 e. The predicted molar refractivity (Wildman–Crippen MR) is 71.8 cm³/mol. The zero-order valence-electron chi connectivity index (χ0n) is 10.7. The van der Waals surface area contributed by atoms with Gasteiger partial charge < -0.3 is 5.32 Å². The van der Waals surface area contributed by atoms with Gasteiger partial charge in [-0.15, -0.1) is 0 Å². The molecule has 20 heavy (non-hydrogen) atoms. The summed E-state index contributed by atoms with van der Waals surface area (Å²) in [6.07, 6.45) is 1.61. The normalized spacial score (nSPS) is 26.6. The molecule has 3 rings (SSSR count). The Morgan fingerprint density at radius 2 is 1.80 bits per heavy atom. The number of para-hydroxylation sites is 1. The molecule has 2 aliphatic rings. The van der Waals surface area contributed by atoms with Gasteiger partial charge >= 0.3 is 0 Å². The van der Waals surface area contributed by atoms with E-state index in [9.17, 15) is 18.5 Å². The van der Waals surface area contributed by atoms with Crippen molar-refractivity contribution in [2.75, 3.05) is 13.1 Å². The van der Waals surface area contributed by atoms with Gasteiger partial charge in [-0.05, 0) is 18.9 Å². The Morgan fingerprint density at radius 3 is 2.40 bits per heavy atom. The molecule has 0 spiro atoms. The molecule has 108 valence electrons. The maximum absolute atomic E-state index is 12.8. The fourth-order valence-electron chi connectivity index (χ4n) is 3.07. The average molecular weight is 297 g/mol. The van der Waals surface area contributed by atoms with Gasteiger partial charge in [-0.2, -0.15) is 4.31 Å². The van der Waals surface area contributed by atoms with Gasteiger partial charge in [-0.3, -0.25) is 10.1 Å². The summed E-state index contributed by atoms with van der Waals surface area (Å²) in [5.41, 5.74) is -0.356. The van der Waals surface area contributed by atoms with Gasteiger partial charge in [0.2, 0.25) is 0 Å². The fraction of sp³-hybridized carbons (Fsp3) is 0.500. The summed E-state index contributed by atoms with van der Waals surface area (Å²) < 4.78 is 27.0. The number of nitro benzene ring substituents is 1. The summed E-state index contributed by atoms with van der Waals surface area (Å²) in [6.45, 7) is 1.22. The lowest BCUT2D eigenvalue weighted by Gasteiger charge is -2.33. The second-order valence-electron chi connectivity index (χ2n) is 5.10. The Hall–Kier alpha value is -1.51. The van der Waals surface area contributed by atoms with E-state index in [1.54, 1.807) is 0 Å². The van der Waals surface area contributed by atoms with Gasteiger partial charge in [-0.25, -0.2) is 8.42 Å². The zero-order chi connectivity index (χ0) is 14.3. The van der Waals surface area contributed by atoms with Crippen LogP contribution >= 0.6 is 0 Å². The second-order valence-corrected chi connectivity index (χ2v) is 6.91. The summed E-state index contributed by atoms with van der Waals surface area (Å²) >= 11 is 0. The van der Waals surface area contributed by atoms with E-state index in [4.69, 9.17) is 0 Å². The molecule has 0 aromatic heterocycles. The number of fused-ring (bicyclic) bond motifs is 2. The van der Waals surface area contributed by atoms with Crippen LogP contribution in [0.1, 0.15) is 12.8 Å². The predicted octanol–water partition coefficient (Wildman–Crippen LogP) is 0.720. The third-order valence-corrected chi connectivity index (χ3v) is 5.98. The number of piperazine rings is 1. The first-order valence-electron chi connectivity index (χ1n) is 6.49. The third kappa shape index (κ3) is 2.00. The molecule has 0 radical (unpaired) electrons. The van der Waals surface area contributed by atoms with E-state index in [2.05, 4.69) is 5.32 Å². The number of nitrogens with one attached hydrogen (secondary N) is 1. The molecule has 8 heteroatoms. The van der Waals surface area contributed by atoms with Gasteiger partial charge in [0, 0.05) is 31.2 Å². The number of nitro groups is 1. The molecule has 2 atom stereocenters. The molecule has 2 unspecified atom stereocenters. The van der Waals surface area contributed by atoms with Gasteiger partial charge in [0.05, 0.1) is 4.92 Å². The molecule has 7 nitrogen and oxygen atoms in total. The van der Waals surface area contributed by atoms with Crippen molar-refractivity contribution in [3.05, 3.63) is 34.4 Å². The third-order valence-electron chi connectivity index (χ3n) is 3.93. The first-order valence-corrected chi connectivity index (χ1v) is 7.93. The Kier molecular flexibility index (Phi) is 3.23. The van der Waals surface area contributed by atoms with E-state index >= 15 is 0 Å². The van der Waals surface area contributed by atoms with Crippen LogP contribution in [0.25, 0.3) is 0 Å². The van der Waals surface area contributed by atoms with Crippen LogP contribution in [0.4, 0.5) is 5.69 Å². The molecular weight excluding hydrogens is 282 g/mol. The minimum atomic E-state index is -3.82. The van der Waals surface area contributed by atoms with E-state index in [-0.39, 0.29) is 22.7 Å². The molecule has 2 bridgehead atoms. The van der Waals surface area contributed by atoms with Crippen LogP contribution < -0.4 is 5.32 Å². The van der Waals surface area contributed by atoms with Crippen molar-refractivity contribution in [3.8, 4) is 0 Å². The number of sulfonamides is 1. The monoisotopic (exact) mass is 297 g/mol. The summed E-state index contributed by atoms with van der Waals surface area (Å²) in [7, 11) is -3.82. The van der Waals surface area contributed by atoms with Gasteiger partial charge in [-0.1, -0.05) is 12.1 Å². The topological polar surface area (TPSA) is 92.5 Å². The van der Waals surface area contributed by atoms with Crippen molar-refractivity contribution < 1.29 is 13.3 Å². The molecule has 1 aromatic carbocycles. The number of hydrogen-bond acceptors (Lipinski definition) is 5. The largest absolute Gasteiger partial charge is 0.314 e. The van der Waals surface area contributed by atoms with Crippen LogP contribution in [0.2, 0.25) is 0 Å². The van der Waals surface area contributed by atoms with Gasteiger partial charge in [0.15, 0.2) is 4.90 Å². The minimum absolute atomic E-state index is 0.0986. The van der Waals surface area contributed by atoms with E-state index in [0.29, 0.717) is 13.1 Å². The highest BCUT2D eigenvalue weighted by molar-refractivity contribution is 7.89. The van der Waals surface area contributed by atoms with Crippen LogP contribution in [0.3, 0.4) is 0 Å². The lowest BCUT2D eigenvalue weighted by Crippen LogP contribution is -2.54. The van der Waals surface area contributed by atoms with Gasteiger partial charge in [0.25, 0.3) is 15.7 Å². The van der Waals surface area contributed by atoms with E-state index < -0.39 is 14.9 Å². The van der Waals surface area contributed by atoms with E-state index in [0.717, 1.165) is 12.8 Å². The Bertz CT molecular complexity index is 630. The first-order chi connectivity index (χ1) is 9.51. The number of hydrogen-bond donors (Lipinski definition) is 1. The molecule has 2 aliphatic heterocycles. The van der Waals surface area contributed by atoms with Crippen molar-refractivity contribution in [2.24, 2.45) is 0 Å². The van der Waals surface area contributed by atoms with Crippen molar-refractivity contribution in [2.45, 2.75) is 29.8 Å². The molecule has 0 saturated carbocycles. The number of rotatable bonds is 3. The standard InChI is InChI=1S/C12H15N3O4S/c16-15(17)11-3-1-2-4-12(11)20(18,19)14-9-5-6-10(14)8-13-7-9/h1-4,9-10,13H,5-8H2. The molecule has 2 saturated heterocycles. The van der Waals surface area contributed by atoms with Crippen LogP contribution in [-0.4, -0.2) is 42.8 Å². The molecule has 2 fully saturated rings. The highest BCUT2D eigenvalue weighted by Gasteiger charge is 2.46. The fourth-order valence-corrected chi connectivity index (χ4v) is 5.10. The number of benzene rings is 1. The summed E-state index contributed by atoms with van der Waals surface area (Å²) in [4.78, 5) is 10.2. The van der Waals surface area contributed by atoms with E-state index in [1.165, 1.54) is 28.6 Å².